The molecule has 2 amide bonds. The lowest BCUT2D eigenvalue weighted by Gasteiger charge is -2.18. The smallest absolute Gasteiger partial charge is 0.233 e. The van der Waals surface area contributed by atoms with Crippen LogP contribution < -0.4 is 10.6 Å². The first kappa shape index (κ1) is 24.7. The Hall–Kier alpha value is -1.94. The van der Waals surface area contributed by atoms with Gasteiger partial charge in [-0.3, -0.25) is 14.5 Å². The highest BCUT2D eigenvalue weighted by Crippen LogP contribution is 2.52. The summed E-state index contributed by atoms with van der Waals surface area (Å²) >= 11 is 0. The van der Waals surface area contributed by atoms with Crippen molar-refractivity contribution in [3.05, 3.63) is 47.5 Å². The van der Waals surface area contributed by atoms with Crippen LogP contribution in [0.5, 0.6) is 0 Å². The van der Waals surface area contributed by atoms with E-state index in [-0.39, 0.29) is 59.5 Å². The minimum atomic E-state index is -0.110. The summed E-state index contributed by atoms with van der Waals surface area (Å²) in [5, 5.41) is 6.58. The number of nitrogens with one attached hydrogen (secondary N) is 2. The van der Waals surface area contributed by atoms with Crippen LogP contribution in [0.25, 0.3) is 0 Å². The molecule has 4 unspecified atom stereocenters. The van der Waals surface area contributed by atoms with Crippen molar-refractivity contribution in [1.29, 1.82) is 0 Å². The van der Waals surface area contributed by atoms with Crippen molar-refractivity contribution in [3.8, 4) is 0 Å². The molecule has 32 heavy (non-hydrogen) atoms. The van der Waals surface area contributed by atoms with E-state index in [2.05, 4.69) is 39.9 Å². The minimum absolute atomic E-state index is 0. The van der Waals surface area contributed by atoms with Crippen molar-refractivity contribution in [2.75, 3.05) is 26.7 Å². The summed E-state index contributed by atoms with van der Waals surface area (Å²) in [6.07, 6.45) is 5.93. The molecule has 2 bridgehead atoms. The lowest BCUT2D eigenvalue weighted by molar-refractivity contribution is -0.140. The Labute approximate surface area is 207 Å². The SMILES string of the molecule is CCNC(=NCc1ccccc1COC)NCCCN1C(=O)C2C3C=CC(C3)C2C1=O.I. The van der Waals surface area contributed by atoms with Gasteiger partial charge in [-0.1, -0.05) is 36.4 Å². The normalized spacial score (nSPS) is 25.8. The number of rotatable bonds is 9. The third-order valence-corrected chi connectivity index (χ3v) is 6.58. The number of aliphatic imine (C=N–C) groups is 1. The number of hydrogen-bond acceptors (Lipinski definition) is 4. The number of likely N-dealkylation sites (tertiary alicyclic amines) is 1. The number of halogens is 1. The standard InChI is InChI=1S/C24H32N4O3.HI/c1-3-25-24(27-14-18-7-4-5-8-19(18)15-31-2)26-11-6-12-28-22(29)20-16-9-10-17(13-16)21(20)23(28)30;/h4-5,7-10,16-17,20-21H,3,6,11-15H2,1-2H3,(H2,25,26,27);1H. The number of nitrogens with zero attached hydrogens (tertiary/aromatic N) is 2. The van der Waals surface area contributed by atoms with E-state index in [1.807, 2.05) is 19.1 Å². The van der Waals surface area contributed by atoms with Crippen molar-refractivity contribution in [2.24, 2.45) is 28.7 Å². The zero-order valence-corrected chi connectivity index (χ0v) is 21.1. The number of allylic oxidation sites excluding steroid dienone is 2. The Morgan fingerprint density at radius 1 is 1.09 bits per heavy atom. The average molecular weight is 552 g/mol. The number of hydrogen-bond donors (Lipinski definition) is 2. The fraction of sp³-hybridized carbons (Fsp3) is 0.542. The van der Waals surface area contributed by atoms with Gasteiger partial charge in [-0.2, -0.15) is 0 Å². The Bertz CT molecular complexity index is 858. The molecule has 0 radical (unpaired) electrons. The molecule has 1 saturated carbocycles. The van der Waals surface area contributed by atoms with Crippen molar-refractivity contribution < 1.29 is 14.3 Å². The van der Waals surface area contributed by atoms with Gasteiger partial charge >= 0.3 is 0 Å². The molecule has 0 aromatic heterocycles. The molecule has 174 valence electrons. The van der Waals surface area contributed by atoms with Crippen molar-refractivity contribution in [1.82, 2.24) is 15.5 Å². The first-order chi connectivity index (χ1) is 15.1. The van der Waals surface area contributed by atoms with Gasteiger partial charge in [0.05, 0.1) is 25.0 Å². The summed E-state index contributed by atoms with van der Waals surface area (Å²) in [6, 6.07) is 8.12. The Morgan fingerprint density at radius 2 is 1.75 bits per heavy atom. The second-order valence-corrected chi connectivity index (χ2v) is 8.51. The molecule has 2 fully saturated rings. The van der Waals surface area contributed by atoms with Crippen LogP contribution in [0.2, 0.25) is 0 Å². The maximum atomic E-state index is 12.8. The fourth-order valence-corrected chi connectivity index (χ4v) is 5.14. The van der Waals surface area contributed by atoms with Gasteiger partial charge < -0.3 is 15.4 Å². The summed E-state index contributed by atoms with van der Waals surface area (Å²) in [5.74, 6) is 1.10. The third kappa shape index (κ3) is 5.01. The summed E-state index contributed by atoms with van der Waals surface area (Å²) in [7, 11) is 1.69. The highest BCUT2D eigenvalue weighted by molar-refractivity contribution is 14.0. The van der Waals surface area contributed by atoms with E-state index in [0.717, 1.165) is 30.1 Å². The number of benzene rings is 1. The molecule has 1 aromatic rings. The maximum Gasteiger partial charge on any atom is 0.233 e. The molecular formula is C24H33IN4O3. The van der Waals surface area contributed by atoms with Crippen molar-refractivity contribution >= 4 is 41.8 Å². The van der Waals surface area contributed by atoms with Crippen LogP contribution in [0.4, 0.5) is 0 Å². The lowest BCUT2D eigenvalue weighted by atomic mass is 9.85. The van der Waals surface area contributed by atoms with Crippen LogP contribution in [-0.2, 0) is 27.5 Å². The molecule has 2 aliphatic carbocycles. The Balaban J connectivity index is 0.00000289. The quantitative estimate of drug-likeness (QED) is 0.123. The monoisotopic (exact) mass is 552 g/mol. The molecule has 3 aliphatic rings. The summed E-state index contributed by atoms with van der Waals surface area (Å²) in [5.41, 5.74) is 2.26. The van der Waals surface area contributed by atoms with Crippen LogP contribution >= 0.6 is 24.0 Å². The van der Waals surface area contributed by atoms with Gasteiger partial charge in [-0.25, -0.2) is 4.99 Å². The fourth-order valence-electron chi connectivity index (χ4n) is 5.14. The number of ether oxygens (including phenoxy) is 1. The second-order valence-electron chi connectivity index (χ2n) is 8.51. The molecule has 1 heterocycles. The van der Waals surface area contributed by atoms with Crippen LogP contribution in [0.3, 0.4) is 0 Å². The molecule has 1 aromatic carbocycles. The van der Waals surface area contributed by atoms with Gasteiger partial charge in [0.25, 0.3) is 0 Å². The summed E-state index contributed by atoms with van der Waals surface area (Å²) in [4.78, 5) is 31.7. The Kier molecular flexibility index (Phi) is 8.70. The molecule has 1 saturated heterocycles. The van der Waals surface area contributed by atoms with Gasteiger partial charge in [0.1, 0.15) is 0 Å². The first-order valence-electron chi connectivity index (χ1n) is 11.3. The van der Waals surface area contributed by atoms with E-state index in [1.54, 1.807) is 7.11 Å². The topological polar surface area (TPSA) is 83.0 Å². The molecule has 2 N–H and O–H groups in total. The van der Waals surface area contributed by atoms with E-state index < -0.39 is 0 Å². The number of imide groups is 1. The van der Waals surface area contributed by atoms with Crippen LogP contribution in [0, 0.1) is 23.7 Å². The number of methoxy groups -OCH3 is 1. The molecule has 7 nitrogen and oxygen atoms in total. The van der Waals surface area contributed by atoms with Crippen LogP contribution in [-0.4, -0.2) is 49.4 Å². The van der Waals surface area contributed by atoms with Gasteiger partial charge in [-0.05, 0) is 42.7 Å². The predicted molar refractivity (Wildman–Crippen MR) is 134 cm³/mol. The zero-order chi connectivity index (χ0) is 21.8. The number of fused-ring (bicyclic) bond motifs is 5. The lowest BCUT2D eigenvalue weighted by Crippen LogP contribution is -2.40. The molecule has 8 heteroatoms. The van der Waals surface area contributed by atoms with Crippen molar-refractivity contribution in [3.63, 3.8) is 0 Å². The van der Waals surface area contributed by atoms with E-state index in [0.29, 0.717) is 32.7 Å². The maximum absolute atomic E-state index is 12.8. The molecular weight excluding hydrogens is 519 g/mol. The van der Waals surface area contributed by atoms with Gasteiger partial charge in [0.15, 0.2) is 5.96 Å². The third-order valence-electron chi connectivity index (χ3n) is 6.58. The predicted octanol–water partition coefficient (Wildman–Crippen LogP) is 2.70. The largest absolute Gasteiger partial charge is 0.380 e. The Morgan fingerprint density at radius 3 is 2.38 bits per heavy atom. The van der Waals surface area contributed by atoms with E-state index in [9.17, 15) is 9.59 Å². The molecule has 1 aliphatic heterocycles. The summed E-state index contributed by atoms with van der Waals surface area (Å²) < 4.78 is 5.27. The number of carbonyl (C=O) groups is 2. The molecule has 0 spiro atoms. The minimum Gasteiger partial charge on any atom is -0.380 e. The highest BCUT2D eigenvalue weighted by Gasteiger charge is 2.58. The van der Waals surface area contributed by atoms with E-state index in [1.165, 1.54) is 4.90 Å². The highest BCUT2D eigenvalue weighted by atomic mass is 127. The van der Waals surface area contributed by atoms with Crippen LogP contribution in [0.1, 0.15) is 30.9 Å². The second kappa shape index (κ2) is 11.3. The average Bonchev–Trinajstić information content (AvgIpc) is 3.45. The van der Waals surface area contributed by atoms with E-state index >= 15 is 0 Å². The number of guanidine groups is 1. The first-order valence-corrected chi connectivity index (χ1v) is 11.3. The van der Waals surface area contributed by atoms with Gasteiger partial charge in [0, 0.05) is 26.7 Å². The van der Waals surface area contributed by atoms with E-state index in [4.69, 9.17) is 4.74 Å². The summed E-state index contributed by atoms with van der Waals surface area (Å²) in [6.45, 7) is 5.01. The van der Waals surface area contributed by atoms with Crippen molar-refractivity contribution in [2.45, 2.75) is 32.9 Å². The van der Waals surface area contributed by atoms with Gasteiger partial charge in [0.2, 0.25) is 11.8 Å². The number of carbonyl (C=O) groups excluding carboxylic acids is 2. The van der Waals surface area contributed by atoms with Crippen LogP contribution in [0.15, 0.2) is 41.4 Å². The molecule has 4 rings (SSSR count). The molecule has 4 atom stereocenters. The zero-order valence-electron chi connectivity index (χ0n) is 18.8. The number of amides is 2. The van der Waals surface area contributed by atoms with Gasteiger partial charge in [-0.15, -0.1) is 24.0 Å².